The van der Waals surface area contributed by atoms with Crippen LogP contribution in [-0.2, 0) is 6.54 Å². The molecule has 1 saturated heterocycles. The molecule has 1 aliphatic heterocycles. The fourth-order valence-electron chi connectivity index (χ4n) is 3.62. The summed E-state index contributed by atoms with van der Waals surface area (Å²) in [5, 5.41) is 7.22. The summed E-state index contributed by atoms with van der Waals surface area (Å²) >= 11 is 0. The normalized spacial score (nSPS) is 13.3. The molecule has 5 rings (SSSR count). The van der Waals surface area contributed by atoms with E-state index in [2.05, 4.69) is 50.1 Å². The molecule has 1 aliphatic rings. The van der Waals surface area contributed by atoms with Gasteiger partial charge in [0.15, 0.2) is 5.65 Å². The molecule has 0 spiro atoms. The van der Waals surface area contributed by atoms with Crippen molar-refractivity contribution in [2.45, 2.75) is 19.9 Å². The van der Waals surface area contributed by atoms with Crippen LogP contribution in [0.5, 0.6) is 0 Å². The number of carbonyl (C=O) groups is 1. The van der Waals surface area contributed by atoms with Gasteiger partial charge in [-0.25, -0.2) is 9.50 Å². The van der Waals surface area contributed by atoms with E-state index in [-0.39, 0.29) is 5.91 Å². The van der Waals surface area contributed by atoms with Gasteiger partial charge in [-0.2, -0.15) is 5.10 Å². The quantitative estimate of drug-likeness (QED) is 0.511. The van der Waals surface area contributed by atoms with Crippen LogP contribution in [0.4, 0.5) is 5.69 Å². The number of nitrogens with one attached hydrogen (secondary N) is 1. The van der Waals surface area contributed by atoms with Gasteiger partial charge in [0.1, 0.15) is 5.69 Å². The molecule has 0 atom stereocenters. The molecule has 0 unspecified atom stereocenters. The van der Waals surface area contributed by atoms with Crippen molar-refractivity contribution < 1.29 is 4.79 Å². The number of imidazole rings is 1. The molecule has 0 radical (unpaired) electrons. The number of amides is 1. The summed E-state index contributed by atoms with van der Waals surface area (Å²) in [4.78, 5) is 23.6. The Balaban J connectivity index is 1.30. The first-order valence-electron chi connectivity index (χ1n) is 10.5. The minimum atomic E-state index is -0.215. The minimum Gasteiger partial charge on any atom is -0.322 e. The van der Waals surface area contributed by atoms with Crippen molar-refractivity contribution in [3.63, 3.8) is 0 Å². The molecule has 7 heteroatoms. The van der Waals surface area contributed by atoms with Gasteiger partial charge in [0.25, 0.3) is 5.91 Å². The molecule has 1 amide bonds. The first kappa shape index (κ1) is 19.9. The van der Waals surface area contributed by atoms with Crippen LogP contribution in [0.2, 0.25) is 0 Å². The summed E-state index contributed by atoms with van der Waals surface area (Å²) < 4.78 is 1.67. The zero-order valence-electron chi connectivity index (χ0n) is 17.7. The third kappa shape index (κ3) is 4.22. The Morgan fingerprint density at radius 3 is 2.84 bits per heavy atom. The number of anilines is 1. The maximum atomic E-state index is 12.8. The van der Waals surface area contributed by atoms with E-state index in [9.17, 15) is 4.79 Å². The summed E-state index contributed by atoms with van der Waals surface area (Å²) in [6.45, 7) is 5.38. The van der Waals surface area contributed by atoms with Gasteiger partial charge in [-0.05, 0) is 73.8 Å². The number of aryl methyl sites for hydroxylation is 1. The summed E-state index contributed by atoms with van der Waals surface area (Å²) in [6, 6.07) is 11.5. The Hall–Kier alpha value is -4.02. The first-order valence-corrected chi connectivity index (χ1v) is 10.5. The number of hydrogen-bond donors (Lipinski definition) is 1. The van der Waals surface area contributed by atoms with E-state index in [1.165, 1.54) is 17.5 Å². The third-order valence-electron chi connectivity index (χ3n) is 5.56. The lowest BCUT2D eigenvalue weighted by atomic mass is 10.1. The molecule has 4 aromatic rings. The van der Waals surface area contributed by atoms with Gasteiger partial charge in [0.2, 0.25) is 0 Å². The number of benzene rings is 1. The molecule has 0 bridgehead atoms. The molecule has 158 valence electrons. The molecule has 0 aliphatic carbocycles. The molecule has 0 saturated carbocycles. The van der Waals surface area contributed by atoms with Gasteiger partial charge < -0.3 is 5.32 Å². The van der Waals surface area contributed by atoms with Crippen LogP contribution in [-0.4, -0.2) is 43.5 Å². The van der Waals surface area contributed by atoms with E-state index in [0.29, 0.717) is 16.8 Å². The van der Waals surface area contributed by atoms with Gasteiger partial charge >= 0.3 is 0 Å². The smallest absolute Gasteiger partial charge is 0.257 e. The lowest BCUT2D eigenvalue weighted by Gasteiger charge is -2.31. The lowest BCUT2D eigenvalue weighted by molar-refractivity contribution is 0.102. The second kappa shape index (κ2) is 8.61. The predicted molar refractivity (Wildman–Crippen MR) is 122 cm³/mol. The second-order valence-corrected chi connectivity index (χ2v) is 7.87. The molecule has 7 nitrogen and oxygen atoms in total. The van der Waals surface area contributed by atoms with Crippen molar-refractivity contribution in [3.05, 3.63) is 89.1 Å². The van der Waals surface area contributed by atoms with E-state index >= 15 is 0 Å². The van der Waals surface area contributed by atoms with Gasteiger partial charge in [0.05, 0.1) is 11.8 Å². The number of nitrogens with zero attached hydrogens (tertiary/aromatic N) is 5. The summed E-state index contributed by atoms with van der Waals surface area (Å²) in [5.41, 5.74) is 5.74. The molecule has 4 heterocycles. The number of pyridine rings is 1. The fraction of sp³-hybridized carbons (Fsp3) is 0.200. The highest BCUT2D eigenvalue weighted by Gasteiger charge is 2.15. The van der Waals surface area contributed by atoms with Crippen LogP contribution in [0.1, 0.15) is 39.2 Å². The Kier molecular flexibility index (Phi) is 5.36. The molecule has 1 fully saturated rings. The van der Waals surface area contributed by atoms with Crippen molar-refractivity contribution >= 4 is 17.2 Å². The monoisotopic (exact) mass is 422 g/mol. The Bertz CT molecular complexity index is 1360. The topological polar surface area (TPSA) is 75.4 Å². The molecular formula is C25H22N6O. The highest BCUT2D eigenvalue weighted by atomic mass is 16.1. The zero-order valence-corrected chi connectivity index (χ0v) is 17.7. The summed E-state index contributed by atoms with van der Waals surface area (Å²) in [6.07, 6.45) is 7.82. The van der Waals surface area contributed by atoms with Gasteiger partial charge in [-0.3, -0.25) is 14.7 Å². The van der Waals surface area contributed by atoms with E-state index < -0.39 is 0 Å². The minimum absolute atomic E-state index is 0.215. The molecule has 3 aromatic heterocycles. The third-order valence-corrected chi connectivity index (χ3v) is 5.56. The van der Waals surface area contributed by atoms with Crippen molar-refractivity contribution in [2.24, 2.45) is 0 Å². The average Bonchev–Trinajstić information content (AvgIpc) is 3.19. The molecule has 32 heavy (non-hydrogen) atoms. The largest absolute Gasteiger partial charge is 0.322 e. The summed E-state index contributed by atoms with van der Waals surface area (Å²) in [5.74, 6) is 5.88. The van der Waals surface area contributed by atoms with E-state index in [1.54, 1.807) is 35.4 Å². The van der Waals surface area contributed by atoms with E-state index in [1.807, 2.05) is 24.3 Å². The fourth-order valence-corrected chi connectivity index (χ4v) is 3.62. The summed E-state index contributed by atoms with van der Waals surface area (Å²) in [7, 11) is 0. The maximum absolute atomic E-state index is 12.8. The highest BCUT2D eigenvalue weighted by molar-refractivity contribution is 6.04. The van der Waals surface area contributed by atoms with Crippen molar-refractivity contribution in [1.82, 2.24) is 24.5 Å². The number of rotatable bonds is 4. The second-order valence-electron chi connectivity index (χ2n) is 7.87. The highest BCUT2D eigenvalue weighted by Crippen LogP contribution is 2.20. The molecule has 1 N–H and O–H groups in total. The van der Waals surface area contributed by atoms with Gasteiger partial charge in [-0.1, -0.05) is 12.0 Å². The van der Waals surface area contributed by atoms with Crippen molar-refractivity contribution in [2.75, 3.05) is 18.4 Å². The van der Waals surface area contributed by atoms with Crippen LogP contribution in [0.3, 0.4) is 0 Å². The van der Waals surface area contributed by atoms with Crippen LogP contribution in [0.15, 0.2) is 61.2 Å². The molecular weight excluding hydrogens is 400 g/mol. The van der Waals surface area contributed by atoms with E-state index in [0.717, 1.165) is 31.0 Å². The van der Waals surface area contributed by atoms with Gasteiger partial charge in [-0.15, -0.1) is 0 Å². The van der Waals surface area contributed by atoms with Crippen molar-refractivity contribution in [1.29, 1.82) is 0 Å². The first-order chi connectivity index (χ1) is 15.7. The van der Waals surface area contributed by atoms with Crippen molar-refractivity contribution in [3.8, 4) is 11.8 Å². The van der Waals surface area contributed by atoms with Crippen LogP contribution < -0.4 is 5.32 Å². The van der Waals surface area contributed by atoms with Crippen LogP contribution in [0, 0.1) is 18.8 Å². The Morgan fingerprint density at radius 1 is 1.12 bits per heavy atom. The van der Waals surface area contributed by atoms with Gasteiger partial charge in [0, 0.05) is 36.4 Å². The van der Waals surface area contributed by atoms with Crippen LogP contribution in [0.25, 0.3) is 5.65 Å². The average molecular weight is 422 g/mol. The number of likely N-dealkylation sites (tertiary alicyclic amines) is 1. The number of hydrogen-bond acceptors (Lipinski definition) is 5. The zero-order chi connectivity index (χ0) is 21.9. The van der Waals surface area contributed by atoms with E-state index in [4.69, 9.17) is 0 Å². The Morgan fingerprint density at radius 2 is 2.03 bits per heavy atom. The standard InChI is InChI=1S/C25H22N6O/c1-18-12-22(7-6-20(18)17-30-10-3-11-30)29-25(32)21-13-19(14-26-15-21)5-8-23-16-27-24-4-2-9-28-31(23)24/h2,4,6-7,9,12-16H,3,10-11,17H2,1H3,(H,29,32). The number of aromatic nitrogens is 4. The Labute approximate surface area is 186 Å². The molecule has 1 aromatic carbocycles. The number of carbonyl (C=O) groups excluding carboxylic acids is 1. The lowest BCUT2D eigenvalue weighted by Crippen LogP contribution is -2.36. The van der Waals surface area contributed by atoms with Crippen LogP contribution >= 0.6 is 0 Å². The number of fused-ring (bicyclic) bond motifs is 1. The maximum Gasteiger partial charge on any atom is 0.257 e. The predicted octanol–water partition coefficient (Wildman–Crippen LogP) is 3.29. The SMILES string of the molecule is Cc1cc(NC(=O)c2cncc(C#Cc3cnc4cccnn34)c2)ccc1CN1CCC1.